The Kier molecular flexibility index (Phi) is 5.46. The van der Waals surface area contributed by atoms with Crippen molar-refractivity contribution < 1.29 is 4.74 Å². The zero-order valence-corrected chi connectivity index (χ0v) is 15.7. The standard InChI is InChI=1S/C15H19Br2N3O/c1-9(13-8-19-20(3)10(13)2)18-7-11-5-12(16)6-14(17)15(11)21-4/h5-6,8-9,18H,7H2,1-4H3/t9-/m1/s1. The highest BCUT2D eigenvalue weighted by atomic mass is 79.9. The summed E-state index contributed by atoms with van der Waals surface area (Å²) >= 11 is 7.05. The molecule has 1 N–H and O–H groups in total. The monoisotopic (exact) mass is 415 g/mol. The quantitative estimate of drug-likeness (QED) is 0.796. The molecule has 0 aliphatic carbocycles. The number of halogens is 2. The van der Waals surface area contributed by atoms with Crippen LogP contribution in [0.15, 0.2) is 27.3 Å². The lowest BCUT2D eigenvalue weighted by molar-refractivity contribution is 0.403. The Balaban J connectivity index is 2.14. The average Bonchev–Trinajstić information content (AvgIpc) is 2.76. The van der Waals surface area contributed by atoms with E-state index in [0.29, 0.717) is 0 Å². The van der Waals surface area contributed by atoms with Gasteiger partial charge in [-0.05, 0) is 41.9 Å². The van der Waals surface area contributed by atoms with Crippen LogP contribution in [0.1, 0.15) is 29.8 Å². The molecule has 6 heteroatoms. The van der Waals surface area contributed by atoms with Crippen LogP contribution in [0.2, 0.25) is 0 Å². The highest BCUT2D eigenvalue weighted by Gasteiger charge is 2.14. The number of aryl methyl sites for hydroxylation is 1. The lowest BCUT2D eigenvalue weighted by Crippen LogP contribution is -2.19. The summed E-state index contributed by atoms with van der Waals surface area (Å²) in [6.07, 6.45) is 1.92. The summed E-state index contributed by atoms with van der Waals surface area (Å²) in [5.74, 6) is 0.862. The Morgan fingerprint density at radius 3 is 2.67 bits per heavy atom. The smallest absolute Gasteiger partial charge is 0.137 e. The van der Waals surface area contributed by atoms with Crippen LogP contribution in [0.4, 0.5) is 0 Å². The van der Waals surface area contributed by atoms with Crippen molar-refractivity contribution in [3.63, 3.8) is 0 Å². The van der Waals surface area contributed by atoms with Crippen molar-refractivity contribution >= 4 is 31.9 Å². The molecule has 1 atom stereocenters. The van der Waals surface area contributed by atoms with Gasteiger partial charge in [0.05, 0.1) is 17.8 Å². The number of hydrogen-bond acceptors (Lipinski definition) is 3. The molecule has 0 fully saturated rings. The van der Waals surface area contributed by atoms with Crippen LogP contribution in [0.25, 0.3) is 0 Å². The predicted octanol–water partition coefficient (Wildman–Crippen LogP) is 4.11. The van der Waals surface area contributed by atoms with Crippen molar-refractivity contribution in [3.05, 3.63) is 44.1 Å². The molecule has 4 nitrogen and oxygen atoms in total. The predicted molar refractivity (Wildman–Crippen MR) is 91.6 cm³/mol. The number of benzene rings is 1. The third kappa shape index (κ3) is 3.67. The van der Waals surface area contributed by atoms with Gasteiger partial charge in [-0.1, -0.05) is 15.9 Å². The molecule has 0 unspecified atom stereocenters. The summed E-state index contributed by atoms with van der Waals surface area (Å²) < 4.78 is 9.34. The van der Waals surface area contributed by atoms with Gasteiger partial charge < -0.3 is 10.1 Å². The fourth-order valence-electron chi connectivity index (χ4n) is 2.29. The highest BCUT2D eigenvalue weighted by Crippen LogP contribution is 2.33. The molecule has 0 saturated heterocycles. The summed E-state index contributed by atoms with van der Waals surface area (Å²) in [6.45, 7) is 4.94. The molecule has 0 aliphatic heterocycles. The zero-order valence-electron chi connectivity index (χ0n) is 12.6. The van der Waals surface area contributed by atoms with E-state index in [9.17, 15) is 0 Å². The van der Waals surface area contributed by atoms with Crippen LogP contribution in [0, 0.1) is 6.92 Å². The van der Waals surface area contributed by atoms with E-state index >= 15 is 0 Å². The largest absolute Gasteiger partial charge is 0.495 e. The minimum atomic E-state index is 0.223. The SMILES string of the molecule is COc1c(Br)cc(Br)cc1CN[C@H](C)c1cnn(C)c1C. The first-order chi connectivity index (χ1) is 9.93. The van der Waals surface area contributed by atoms with Crippen LogP contribution in [-0.4, -0.2) is 16.9 Å². The van der Waals surface area contributed by atoms with Crippen LogP contribution < -0.4 is 10.1 Å². The van der Waals surface area contributed by atoms with E-state index in [-0.39, 0.29) is 6.04 Å². The van der Waals surface area contributed by atoms with Gasteiger partial charge in [-0.3, -0.25) is 4.68 Å². The third-order valence-electron chi connectivity index (χ3n) is 3.63. The van der Waals surface area contributed by atoms with Gasteiger partial charge >= 0.3 is 0 Å². The maximum absolute atomic E-state index is 5.47. The second-order valence-corrected chi connectivity index (χ2v) is 6.76. The van der Waals surface area contributed by atoms with E-state index in [1.54, 1.807) is 7.11 Å². The van der Waals surface area contributed by atoms with E-state index in [0.717, 1.165) is 26.8 Å². The fraction of sp³-hybridized carbons (Fsp3) is 0.400. The maximum atomic E-state index is 5.47. The van der Waals surface area contributed by atoms with Crippen LogP contribution >= 0.6 is 31.9 Å². The second-order valence-electron chi connectivity index (χ2n) is 4.99. The molecular weight excluding hydrogens is 398 g/mol. The fourth-order valence-corrected chi connectivity index (χ4v) is 3.76. The Hall–Kier alpha value is -0.850. The number of methoxy groups -OCH3 is 1. The van der Waals surface area contributed by atoms with Crippen molar-refractivity contribution in [3.8, 4) is 5.75 Å². The molecule has 1 aromatic carbocycles. The van der Waals surface area contributed by atoms with E-state index in [1.807, 2.05) is 24.0 Å². The minimum absolute atomic E-state index is 0.223. The van der Waals surface area contributed by atoms with Gasteiger partial charge in [0.1, 0.15) is 5.75 Å². The molecule has 1 aromatic heterocycles. The van der Waals surface area contributed by atoms with Crippen molar-refractivity contribution in [1.29, 1.82) is 0 Å². The van der Waals surface area contributed by atoms with E-state index < -0.39 is 0 Å². The number of aromatic nitrogens is 2. The molecule has 2 rings (SSSR count). The van der Waals surface area contributed by atoms with Gasteiger partial charge in [-0.25, -0.2) is 0 Å². The normalized spacial score (nSPS) is 12.5. The second kappa shape index (κ2) is 6.94. The molecule has 21 heavy (non-hydrogen) atoms. The van der Waals surface area contributed by atoms with Crippen LogP contribution in [0.5, 0.6) is 5.75 Å². The maximum Gasteiger partial charge on any atom is 0.137 e. The molecule has 0 saturated carbocycles. The summed E-state index contributed by atoms with van der Waals surface area (Å²) in [4.78, 5) is 0. The highest BCUT2D eigenvalue weighted by molar-refractivity contribution is 9.11. The molecule has 0 radical (unpaired) electrons. The van der Waals surface area contributed by atoms with Crippen molar-refractivity contribution in [2.45, 2.75) is 26.4 Å². The van der Waals surface area contributed by atoms with E-state index in [2.05, 4.69) is 62.2 Å². The summed E-state index contributed by atoms with van der Waals surface area (Å²) in [6, 6.07) is 4.28. The molecule has 0 bridgehead atoms. The van der Waals surface area contributed by atoms with Gasteiger partial charge in [0, 0.05) is 40.9 Å². The Morgan fingerprint density at radius 2 is 2.10 bits per heavy atom. The van der Waals surface area contributed by atoms with Gasteiger partial charge in [-0.15, -0.1) is 0 Å². The van der Waals surface area contributed by atoms with Gasteiger partial charge in [0.25, 0.3) is 0 Å². The summed E-state index contributed by atoms with van der Waals surface area (Å²) in [7, 11) is 3.65. The number of rotatable bonds is 5. The molecule has 0 amide bonds. The first-order valence-corrected chi connectivity index (χ1v) is 8.26. The average molecular weight is 417 g/mol. The summed E-state index contributed by atoms with van der Waals surface area (Å²) in [5.41, 5.74) is 3.50. The third-order valence-corrected chi connectivity index (χ3v) is 4.67. The lowest BCUT2D eigenvalue weighted by Gasteiger charge is -2.16. The zero-order chi connectivity index (χ0) is 15.6. The van der Waals surface area contributed by atoms with Crippen LogP contribution in [0.3, 0.4) is 0 Å². The molecule has 2 aromatic rings. The molecule has 114 valence electrons. The van der Waals surface area contributed by atoms with Crippen LogP contribution in [-0.2, 0) is 13.6 Å². The lowest BCUT2D eigenvalue weighted by atomic mass is 10.1. The molecule has 1 heterocycles. The number of nitrogens with zero attached hydrogens (tertiary/aromatic N) is 2. The first kappa shape index (κ1) is 16.5. The molecule has 0 spiro atoms. The van der Waals surface area contributed by atoms with Gasteiger partial charge in [0.15, 0.2) is 0 Å². The number of hydrogen-bond donors (Lipinski definition) is 1. The Morgan fingerprint density at radius 1 is 1.38 bits per heavy atom. The Labute approximate surface area is 142 Å². The number of nitrogens with one attached hydrogen (secondary N) is 1. The van der Waals surface area contributed by atoms with E-state index in [4.69, 9.17) is 4.74 Å². The van der Waals surface area contributed by atoms with E-state index in [1.165, 1.54) is 11.3 Å². The van der Waals surface area contributed by atoms with Crippen molar-refractivity contribution in [2.24, 2.45) is 7.05 Å². The minimum Gasteiger partial charge on any atom is -0.495 e. The summed E-state index contributed by atoms with van der Waals surface area (Å²) in [5, 5.41) is 7.81. The molecular formula is C15H19Br2N3O. The van der Waals surface area contributed by atoms with Crippen molar-refractivity contribution in [2.75, 3.05) is 7.11 Å². The Bertz CT molecular complexity index is 640. The first-order valence-electron chi connectivity index (χ1n) is 6.67. The van der Waals surface area contributed by atoms with Crippen molar-refractivity contribution in [1.82, 2.24) is 15.1 Å². The van der Waals surface area contributed by atoms with Gasteiger partial charge in [0.2, 0.25) is 0 Å². The molecule has 0 aliphatic rings. The van der Waals surface area contributed by atoms with Gasteiger partial charge in [-0.2, -0.15) is 5.10 Å². The number of ether oxygens (including phenoxy) is 1. The topological polar surface area (TPSA) is 39.1 Å².